The van der Waals surface area contributed by atoms with E-state index in [2.05, 4.69) is 6.92 Å². The molecule has 0 aromatic carbocycles. The number of rotatable bonds is 4. The van der Waals surface area contributed by atoms with Crippen molar-refractivity contribution in [3.05, 3.63) is 0 Å². The molecule has 0 rings (SSSR count). The van der Waals surface area contributed by atoms with Crippen molar-refractivity contribution in [3.8, 4) is 0 Å². The minimum atomic E-state index is -0.205. The molecule has 2 atom stereocenters. The van der Waals surface area contributed by atoms with Crippen LogP contribution in [-0.2, 0) is 0 Å². The first-order valence-corrected chi connectivity index (χ1v) is 4.21. The van der Waals surface area contributed by atoms with E-state index in [-0.39, 0.29) is 6.10 Å². The molecule has 2 unspecified atom stereocenters. The second-order valence-corrected chi connectivity index (χ2v) is 3.70. The maximum Gasteiger partial charge on any atom is 0.0602 e. The topological polar surface area (TPSA) is 46.2 Å². The highest BCUT2D eigenvalue weighted by Crippen LogP contribution is 2.09. The predicted octanol–water partition coefficient (Wildman–Crippen LogP) is 0.448. The summed E-state index contributed by atoms with van der Waals surface area (Å²) in [6.45, 7) is 4.54. The number of aliphatic hydroxyl groups excluding tert-OH is 1. The molecule has 0 aliphatic rings. The Hall–Kier alpha value is 0.270. The van der Waals surface area contributed by atoms with Gasteiger partial charge in [-0.2, -0.15) is 11.8 Å². The van der Waals surface area contributed by atoms with Crippen LogP contribution < -0.4 is 5.73 Å². The standard InChI is InChI=1S/C6H15NOS/c1-5(8)4-9-6(2)3-7/h5-6,8H,3-4,7H2,1-2H3. The predicted molar refractivity (Wildman–Crippen MR) is 42.7 cm³/mol. The lowest BCUT2D eigenvalue weighted by molar-refractivity contribution is 0.220. The molecule has 0 amide bonds. The van der Waals surface area contributed by atoms with Gasteiger partial charge in [-0.3, -0.25) is 0 Å². The highest BCUT2D eigenvalue weighted by molar-refractivity contribution is 7.99. The maximum atomic E-state index is 8.84. The monoisotopic (exact) mass is 149 g/mol. The largest absolute Gasteiger partial charge is 0.393 e. The summed E-state index contributed by atoms with van der Waals surface area (Å²) in [4.78, 5) is 0. The van der Waals surface area contributed by atoms with E-state index in [4.69, 9.17) is 10.8 Å². The fraction of sp³-hybridized carbons (Fsp3) is 1.00. The van der Waals surface area contributed by atoms with Gasteiger partial charge in [-0.15, -0.1) is 0 Å². The third-order valence-corrected chi connectivity index (χ3v) is 2.39. The Bertz CT molecular complexity index is 68.1. The van der Waals surface area contributed by atoms with Crippen molar-refractivity contribution in [1.82, 2.24) is 0 Å². The number of aliphatic hydroxyl groups is 1. The Morgan fingerprint density at radius 3 is 2.44 bits per heavy atom. The lowest BCUT2D eigenvalue weighted by atomic mass is 10.5. The molecule has 2 nitrogen and oxygen atoms in total. The second kappa shape index (κ2) is 5.09. The molecule has 0 saturated carbocycles. The minimum Gasteiger partial charge on any atom is -0.393 e. The summed E-state index contributed by atoms with van der Waals surface area (Å²) in [5.74, 6) is 0.790. The van der Waals surface area contributed by atoms with Gasteiger partial charge in [0.15, 0.2) is 0 Å². The fourth-order valence-electron chi connectivity index (χ4n) is 0.372. The Morgan fingerprint density at radius 1 is 1.56 bits per heavy atom. The highest BCUT2D eigenvalue weighted by Gasteiger charge is 2.00. The smallest absolute Gasteiger partial charge is 0.0602 e. The zero-order valence-corrected chi connectivity index (χ0v) is 6.82. The summed E-state index contributed by atoms with van der Waals surface area (Å²) in [6.07, 6.45) is -0.205. The molecule has 9 heavy (non-hydrogen) atoms. The first-order chi connectivity index (χ1) is 4.16. The molecule has 0 spiro atoms. The molecule has 56 valence electrons. The van der Waals surface area contributed by atoms with Crippen LogP contribution in [0, 0.1) is 0 Å². The Morgan fingerprint density at radius 2 is 2.11 bits per heavy atom. The minimum absolute atomic E-state index is 0.205. The molecule has 0 aromatic rings. The molecular weight excluding hydrogens is 134 g/mol. The molecule has 3 N–H and O–H groups in total. The summed E-state index contributed by atoms with van der Waals surface area (Å²) < 4.78 is 0. The van der Waals surface area contributed by atoms with E-state index in [9.17, 15) is 0 Å². The van der Waals surface area contributed by atoms with Crippen molar-refractivity contribution in [2.75, 3.05) is 12.3 Å². The van der Waals surface area contributed by atoms with Crippen molar-refractivity contribution in [2.45, 2.75) is 25.2 Å². The van der Waals surface area contributed by atoms with Crippen LogP contribution in [0.5, 0.6) is 0 Å². The zero-order chi connectivity index (χ0) is 7.28. The zero-order valence-electron chi connectivity index (χ0n) is 6.00. The summed E-state index contributed by atoms with van der Waals surface area (Å²) >= 11 is 1.71. The second-order valence-electron chi connectivity index (χ2n) is 2.23. The Kier molecular flexibility index (Phi) is 5.24. The number of thioether (sulfide) groups is 1. The lowest BCUT2D eigenvalue weighted by Gasteiger charge is -2.08. The molecule has 0 saturated heterocycles. The molecule has 0 fully saturated rings. The van der Waals surface area contributed by atoms with Gasteiger partial charge < -0.3 is 10.8 Å². The third-order valence-electron chi connectivity index (χ3n) is 0.954. The van der Waals surface area contributed by atoms with Gasteiger partial charge in [0.1, 0.15) is 0 Å². The van der Waals surface area contributed by atoms with Crippen LogP contribution in [0.2, 0.25) is 0 Å². The van der Waals surface area contributed by atoms with Crippen molar-refractivity contribution < 1.29 is 5.11 Å². The number of nitrogens with two attached hydrogens (primary N) is 1. The third kappa shape index (κ3) is 6.15. The number of hydrogen-bond donors (Lipinski definition) is 2. The first kappa shape index (κ1) is 9.27. The van der Waals surface area contributed by atoms with Gasteiger partial charge in [-0.05, 0) is 6.92 Å². The van der Waals surface area contributed by atoms with Crippen molar-refractivity contribution in [1.29, 1.82) is 0 Å². The van der Waals surface area contributed by atoms with E-state index in [1.165, 1.54) is 0 Å². The van der Waals surface area contributed by atoms with Gasteiger partial charge in [0.05, 0.1) is 6.10 Å². The van der Waals surface area contributed by atoms with Gasteiger partial charge in [0, 0.05) is 17.5 Å². The molecule has 0 heterocycles. The van der Waals surface area contributed by atoms with Crippen LogP contribution in [0.1, 0.15) is 13.8 Å². The van der Waals surface area contributed by atoms with Gasteiger partial charge >= 0.3 is 0 Å². The van der Waals surface area contributed by atoms with E-state index in [1.54, 1.807) is 18.7 Å². The number of hydrogen-bond acceptors (Lipinski definition) is 3. The van der Waals surface area contributed by atoms with Crippen molar-refractivity contribution in [3.63, 3.8) is 0 Å². The summed E-state index contributed by atoms with van der Waals surface area (Å²) in [6, 6.07) is 0. The average molecular weight is 149 g/mol. The van der Waals surface area contributed by atoms with Crippen LogP contribution in [0.15, 0.2) is 0 Å². The van der Waals surface area contributed by atoms with Gasteiger partial charge in [-0.1, -0.05) is 6.92 Å². The van der Waals surface area contributed by atoms with Crippen LogP contribution in [-0.4, -0.2) is 28.8 Å². The summed E-state index contributed by atoms with van der Waals surface area (Å²) in [7, 11) is 0. The first-order valence-electron chi connectivity index (χ1n) is 3.16. The highest BCUT2D eigenvalue weighted by atomic mass is 32.2. The summed E-state index contributed by atoms with van der Waals surface area (Å²) in [5, 5.41) is 9.31. The fourth-order valence-corrected chi connectivity index (χ4v) is 1.11. The van der Waals surface area contributed by atoms with E-state index in [0.717, 1.165) is 5.75 Å². The SMILES string of the molecule is CC(O)CSC(C)CN. The van der Waals surface area contributed by atoms with Gasteiger partial charge in [0.25, 0.3) is 0 Å². The molecule has 0 aromatic heterocycles. The quantitative estimate of drug-likeness (QED) is 0.610. The van der Waals surface area contributed by atoms with Crippen molar-refractivity contribution in [2.24, 2.45) is 5.73 Å². The molecular formula is C6H15NOS. The normalized spacial score (nSPS) is 17.3. The van der Waals surface area contributed by atoms with E-state index in [1.807, 2.05) is 0 Å². The Balaban J connectivity index is 3.06. The van der Waals surface area contributed by atoms with Gasteiger partial charge in [-0.25, -0.2) is 0 Å². The summed E-state index contributed by atoms with van der Waals surface area (Å²) in [5.41, 5.74) is 5.36. The van der Waals surface area contributed by atoms with Crippen LogP contribution in [0.25, 0.3) is 0 Å². The molecule has 0 radical (unpaired) electrons. The Labute approximate surface area is 60.8 Å². The van der Waals surface area contributed by atoms with Crippen LogP contribution >= 0.6 is 11.8 Å². The van der Waals surface area contributed by atoms with E-state index >= 15 is 0 Å². The van der Waals surface area contributed by atoms with E-state index < -0.39 is 0 Å². The molecule has 0 bridgehead atoms. The molecule has 0 aliphatic carbocycles. The van der Waals surface area contributed by atoms with Gasteiger partial charge in [0.2, 0.25) is 0 Å². The lowest BCUT2D eigenvalue weighted by Crippen LogP contribution is -2.15. The van der Waals surface area contributed by atoms with E-state index in [0.29, 0.717) is 11.8 Å². The maximum absolute atomic E-state index is 8.84. The van der Waals surface area contributed by atoms with Crippen molar-refractivity contribution >= 4 is 11.8 Å². The molecule has 0 aliphatic heterocycles. The average Bonchev–Trinajstić information content (AvgIpc) is 1.83. The molecule has 3 heteroatoms. The van der Waals surface area contributed by atoms with Crippen LogP contribution in [0.3, 0.4) is 0 Å². The van der Waals surface area contributed by atoms with Crippen LogP contribution in [0.4, 0.5) is 0 Å².